The van der Waals surface area contributed by atoms with Crippen LogP contribution in [0.15, 0.2) is 53.4 Å². The first-order valence-corrected chi connectivity index (χ1v) is 15.2. The van der Waals surface area contributed by atoms with Gasteiger partial charge >= 0.3 is 0 Å². The molecule has 1 amide bonds. The third-order valence-electron chi connectivity index (χ3n) is 7.44. The predicted octanol–water partition coefficient (Wildman–Crippen LogP) is 4.99. The summed E-state index contributed by atoms with van der Waals surface area (Å²) in [5.74, 6) is 0.225. The highest BCUT2D eigenvalue weighted by molar-refractivity contribution is 7.92. The van der Waals surface area contributed by atoms with E-state index >= 15 is 0 Å². The number of fused-ring (bicyclic) bond motifs is 4. The van der Waals surface area contributed by atoms with Crippen LogP contribution in [-0.4, -0.2) is 61.1 Å². The van der Waals surface area contributed by atoms with Crippen LogP contribution in [0, 0.1) is 19.8 Å². The Kier molecular flexibility index (Phi) is 8.09. The Morgan fingerprint density at radius 2 is 1.73 bits per heavy atom. The Hall–Kier alpha value is -3.50. The molecular formula is C30H36N4O5S. The van der Waals surface area contributed by atoms with Crippen LogP contribution in [-0.2, 0) is 14.8 Å². The number of carbonyl (C=O) groups excluding carboxylic acids is 1. The molecule has 2 aliphatic heterocycles. The first kappa shape index (κ1) is 28.0. The van der Waals surface area contributed by atoms with E-state index < -0.39 is 10.0 Å². The van der Waals surface area contributed by atoms with Gasteiger partial charge in [-0.15, -0.1) is 0 Å². The fraction of sp³-hybridized carbons (Fsp3) is 0.433. The zero-order chi connectivity index (χ0) is 28.4. The van der Waals surface area contributed by atoms with Crippen molar-refractivity contribution in [1.82, 2.24) is 14.9 Å². The van der Waals surface area contributed by atoms with Crippen molar-refractivity contribution < 1.29 is 22.7 Å². The van der Waals surface area contributed by atoms with Gasteiger partial charge in [-0.1, -0.05) is 38.1 Å². The summed E-state index contributed by atoms with van der Waals surface area (Å²) in [4.78, 5) is 25.0. The number of hydrogen-bond donors (Lipinski definition) is 1. The van der Waals surface area contributed by atoms with Gasteiger partial charge in [0.15, 0.2) is 0 Å². The standard InChI is InChI=1S/C30H36N4O5S/c1-19(2)15-24-18-39-27-17-26(28-20(3)7-5-8-21(28)4)31-30(32-27)33-40(36,37)25-10-6-9-22(16-25)29(35)34(24)23-11-13-38-14-12-23/h5-10,16-17,19,23-24H,11-15,18H2,1-4H3,(H,31,32,33)/t24-/m1/s1. The van der Waals surface area contributed by atoms with Gasteiger partial charge in [0.05, 0.1) is 16.6 Å². The van der Waals surface area contributed by atoms with Gasteiger partial charge in [-0.3, -0.25) is 4.79 Å². The van der Waals surface area contributed by atoms with Gasteiger partial charge in [0, 0.05) is 36.4 Å². The number of aromatic nitrogens is 2. The van der Waals surface area contributed by atoms with Crippen molar-refractivity contribution >= 4 is 21.9 Å². The molecule has 212 valence electrons. The number of hydrogen-bond acceptors (Lipinski definition) is 7. The summed E-state index contributed by atoms with van der Waals surface area (Å²) < 4.78 is 41.4. The minimum atomic E-state index is -4.10. The molecule has 2 aromatic carbocycles. The first-order chi connectivity index (χ1) is 19.1. The monoisotopic (exact) mass is 564 g/mol. The average molecular weight is 565 g/mol. The fourth-order valence-electron chi connectivity index (χ4n) is 5.60. The largest absolute Gasteiger partial charge is 0.475 e. The molecule has 0 saturated carbocycles. The van der Waals surface area contributed by atoms with Crippen molar-refractivity contribution in [2.24, 2.45) is 5.92 Å². The third kappa shape index (κ3) is 5.97. The second-order valence-electron chi connectivity index (χ2n) is 11.0. The topological polar surface area (TPSA) is 111 Å². The normalized spacial score (nSPS) is 19.7. The van der Waals surface area contributed by atoms with Gasteiger partial charge in [-0.25, -0.2) is 18.1 Å². The number of ether oxygens (including phenoxy) is 2. The lowest BCUT2D eigenvalue weighted by Gasteiger charge is -2.40. The molecule has 40 heavy (non-hydrogen) atoms. The Morgan fingerprint density at radius 1 is 1.02 bits per heavy atom. The minimum Gasteiger partial charge on any atom is -0.475 e. The van der Waals surface area contributed by atoms with E-state index in [4.69, 9.17) is 9.47 Å². The van der Waals surface area contributed by atoms with E-state index in [0.29, 0.717) is 49.7 Å². The van der Waals surface area contributed by atoms with Crippen molar-refractivity contribution in [2.75, 3.05) is 24.5 Å². The van der Waals surface area contributed by atoms with Crippen LogP contribution in [0.3, 0.4) is 0 Å². The van der Waals surface area contributed by atoms with Crippen LogP contribution in [0.25, 0.3) is 11.3 Å². The summed E-state index contributed by atoms with van der Waals surface area (Å²) in [5.41, 5.74) is 3.75. The highest BCUT2D eigenvalue weighted by atomic mass is 32.2. The molecule has 0 radical (unpaired) electrons. The van der Waals surface area contributed by atoms with Gasteiger partial charge in [0.2, 0.25) is 11.8 Å². The van der Waals surface area contributed by atoms with Crippen LogP contribution in [0.2, 0.25) is 0 Å². The molecular weight excluding hydrogens is 528 g/mol. The van der Waals surface area contributed by atoms with E-state index in [0.717, 1.165) is 16.7 Å². The maximum Gasteiger partial charge on any atom is 0.264 e. The van der Waals surface area contributed by atoms with E-state index in [1.165, 1.54) is 12.1 Å². The van der Waals surface area contributed by atoms with E-state index in [2.05, 4.69) is 28.5 Å². The summed E-state index contributed by atoms with van der Waals surface area (Å²) in [6, 6.07) is 13.5. The molecule has 3 aromatic rings. The fourth-order valence-corrected chi connectivity index (χ4v) is 6.59. The second-order valence-corrected chi connectivity index (χ2v) is 12.6. The molecule has 2 aliphatic rings. The summed E-state index contributed by atoms with van der Waals surface area (Å²) in [5, 5.41) is 0. The Balaban J connectivity index is 1.67. The number of sulfonamides is 1. The number of anilines is 1. The molecule has 1 atom stereocenters. The molecule has 0 unspecified atom stereocenters. The van der Waals surface area contributed by atoms with Crippen LogP contribution in [0.4, 0.5) is 5.95 Å². The van der Waals surface area contributed by atoms with Crippen molar-refractivity contribution in [2.45, 2.75) is 63.9 Å². The zero-order valence-electron chi connectivity index (χ0n) is 23.4. The smallest absolute Gasteiger partial charge is 0.264 e. The number of rotatable bonds is 4. The first-order valence-electron chi connectivity index (χ1n) is 13.7. The Morgan fingerprint density at radius 3 is 2.42 bits per heavy atom. The molecule has 1 N–H and O–H groups in total. The maximum absolute atomic E-state index is 14.1. The highest BCUT2D eigenvalue weighted by Gasteiger charge is 2.34. The molecule has 1 saturated heterocycles. The zero-order valence-corrected chi connectivity index (χ0v) is 24.2. The van der Waals surface area contributed by atoms with E-state index in [9.17, 15) is 13.2 Å². The molecule has 0 aliphatic carbocycles. The van der Waals surface area contributed by atoms with Crippen molar-refractivity contribution in [3.63, 3.8) is 0 Å². The number of nitrogens with zero attached hydrogens (tertiary/aromatic N) is 3. The van der Waals surface area contributed by atoms with Crippen LogP contribution >= 0.6 is 0 Å². The van der Waals surface area contributed by atoms with E-state index in [-0.39, 0.29) is 41.3 Å². The molecule has 4 bridgehead atoms. The number of aryl methyl sites for hydroxylation is 2. The molecule has 1 fully saturated rings. The lowest BCUT2D eigenvalue weighted by Crippen LogP contribution is -2.52. The maximum atomic E-state index is 14.1. The average Bonchev–Trinajstić information content (AvgIpc) is 2.91. The second kappa shape index (κ2) is 11.5. The van der Waals surface area contributed by atoms with Crippen LogP contribution in [0.5, 0.6) is 5.88 Å². The minimum absolute atomic E-state index is 0.0338. The summed E-state index contributed by atoms with van der Waals surface area (Å²) in [6.07, 6.45) is 2.11. The van der Waals surface area contributed by atoms with Gasteiger partial charge in [0.1, 0.15) is 6.61 Å². The number of benzene rings is 2. The van der Waals surface area contributed by atoms with Crippen LogP contribution < -0.4 is 9.46 Å². The number of amides is 1. The number of nitrogens with one attached hydrogen (secondary N) is 1. The van der Waals surface area contributed by atoms with Crippen molar-refractivity contribution in [3.8, 4) is 17.1 Å². The molecule has 10 heteroatoms. The summed E-state index contributed by atoms with van der Waals surface area (Å²) in [7, 11) is -4.10. The summed E-state index contributed by atoms with van der Waals surface area (Å²) in [6.45, 7) is 9.54. The van der Waals surface area contributed by atoms with Crippen molar-refractivity contribution in [3.05, 3.63) is 65.2 Å². The molecule has 5 rings (SSSR count). The van der Waals surface area contributed by atoms with Gasteiger partial charge in [-0.2, -0.15) is 4.98 Å². The SMILES string of the molecule is Cc1cccc(C)c1-c1cc2nc(n1)NS(=O)(=O)c1cccc(c1)C(=O)N(C1CCOCC1)[C@H](CC(C)C)CO2. The highest BCUT2D eigenvalue weighted by Crippen LogP contribution is 2.31. The third-order valence-corrected chi connectivity index (χ3v) is 8.76. The van der Waals surface area contributed by atoms with Crippen molar-refractivity contribution in [1.29, 1.82) is 0 Å². The van der Waals surface area contributed by atoms with E-state index in [1.54, 1.807) is 18.2 Å². The molecule has 1 aromatic heterocycles. The molecule has 3 heterocycles. The summed E-state index contributed by atoms with van der Waals surface area (Å²) >= 11 is 0. The lowest BCUT2D eigenvalue weighted by molar-refractivity contribution is 0.00531. The molecule has 0 spiro atoms. The predicted molar refractivity (Wildman–Crippen MR) is 153 cm³/mol. The van der Waals surface area contributed by atoms with Crippen LogP contribution in [0.1, 0.15) is 54.6 Å². The Bertz CT molecular complexity index is 1480. The quantitative estimate of drug-likeness (QED) is 0.475. The van der Waals surface area contributed by atoms with E-state index in [1.807, 2.05) is 36.9 Å². The lowest BCUT2D eigenvalue weighted by atomic mass is 9.97. The number of carbonyl (C=O) groups is 1. The molecule has 9 nitrogen and oxygen atoms in total. The van der Waals surface area contributed by atoms with Gasteiger partial charge in [0.25, 0.3) is 15.9 Å². The van der Waals surface area contributed by atoms with Gasteiger partial charge in [-0.05, 0) is 68.4 Å². The Labute approximate surface area is 236 Å². The van der Waals surface area contributed by atoms with Gasteiger partial charge < -0.3 is 14.4 Å².